The molecule has 1 atom stereocenters. The third kappa shape index (κ3) is 2.78. The Labute approximate surface area is 122 Å². The van der Waals surface area contributed by atoms with Gasteiger partial charge in [0.2, 0.25) is 5.78 Å². The van der Waals surface area contributed by atoms with Crippen LogP contribution in [0.3, 0.4) is 0 Å². The average molecular weight is 278 g/mol. The van der Waals surface area contributed by atoms with Crippen molar-refractivity contribution in [1.29, 1.82) is 0 Å². The van der Waals surface area contributed by atoms with Crippen molar-refractivity contribution in [3.63, 3.8) is 0 Å². The van der Waals surface area contributed by atoms with Crippen LogP contribution in [-0.4, -0.2) is 17.2 Å². The molecule has 0 radical (unpaired) electrons. The number of hydrogen-bond acceptors (Lipinski definition) is 3. The van der Waals surface area contributed by atoms with E-state index in [-0.39, 0.29) is 0 Å². The smallest absolute Gasteiger partial charge is 0.262 e. The van der Waals surface area contributed by atoms with Crippen molar-refractivity contribution in [3.8, 4) is 5.75 Å². The maximum atomic E-state index is 12.1. The monoisotopic (exact) mass is 278 g/mol. The third-order valence-electron chi connectivity index (χ3n) is 3.27. The molecular weight excluding hydrogens is 264 g/mol. The first-order valence-corrected chi connectivity index (χ1v) is 6.67. The summed E-state index contributed by atoms with van der Waals surface area (Å²) < 4.78 is 5.45. The Morgan fingerprint density at radius 3 is 2.33 bits per heavy atom. The van der Waals surface area contributed by atoms with Crippen LogP contribution < -0.4 is 4.74 Å². The fraction of sp³-hybridized carbons (Fsp3) is 0.0556. The normalized spacial score (nSPS) is 12.0. The summed E-state index contributed by atoms with van der Waals surface area (Å²) in [6.07, 6.45) is -1.52. The van der Waals surface area contributed by atoms with Crippen molar-refractivity contribution < 1.29 is 14.6 Å². The van der Waals surface area contributed by atoms with E-state index in [0.29, 0.717) is 11.3 Å². The van der Waals surface area contributed by atoms with Gasteiger partial charge < -0.3 is 9.84 Å². The molecule has 0 saturated heterocycles. The Kier molecular flexibility index (Phi) is 3.67. The summed E-state index contributed by atoms with van der Waals surface area (Å²) in [5, 5.41) is 11.9. The molecule has 0 spiro atoms. The third-order valence-corrected chi connectivity index (χ3v) is 3.27. The lowest BCUT2D eigenvalue weighted by Crippen LogP contribution is -2.26. The summed E-state index contributed by atoms with van der Waals surface area (Å²) in [4.78, 5) is 12.1. The Hall–Kier alpha value is -2.65. The number of benzene rings is 3. The number of aliphatic hydroxyl groups excluding tert-OH is 1. The lowest BCUT2D eigenvalue weighted by Gasteiger charge is -2.14. The van der Waals surface area contributed by atoms with Crippen LogP contribution in [0.25, 0.3) is 10.8 Å². The molecule has 0 aliphatic heterocycles. The van der Waals surface area contributed by atoms with Crippen LogP contribution >= 0.6 is 0 Å². The van der Waals surface area contributed by atoms with E-state index in [4.69, 9.17) is 4.74 Å². The summed E-state index contributed by atoms with van der Waals surface area (Å²) in [6, 6.07) is 21.8. The van der Waals surface area contributed by atoms with E-state index in [1.54, 1.807) is 30.3 Å². The van der Waals surface area contributed by atoms with E-state index < -0.39 is 12.1 Å². The summed E-state index contributed by atoms with van der Waals surface area (Å²) >= 11 is 0. The molecule has 0 bridgehead atoms. The lowest BCUT2D eigenvalue weighted by molar-refractivity contribution is -0.00211. The molecule has 0 unspecified atom stereocenters. The van der Waals surface area contributed by atoms with Crippen LogP contribution in [0, 0.1) is 0 Å². The van der Waals surface area contributed by atoms with Crippen molar-refractivity contribution >= 4 is 16.6 Å². The second kappa shape index (κ2) is 5.77. The molecule has 0 heterocycles. The fourth-order valence-corrected chi connectivity index (χ4v) is 2.22. The molecule has 3 heteroatoms. The van der Waals surface area contributed by atoms with Crippen molar-refractivity contribution in [1.82, 2.24) is 0 Å². The Morgan fingerprint density at radius 1 is 0.857 bits per heavy atom. The van der Waals surface area contributed by atoms with Crippen molar-refractivity contribution in [2.45, 2.75) is 6.29 Å². The summed E-state index contributed by atoms with van der Waals surface area (Å²) in [5.74, 6) is 0.0356. The second-order valence-corrected chi connectivity index (χ2v) is 4.68. The predicted molar refractivity (Wildman–Crippen MR) is 81.4 cm³/mol. The number of carbonyl (C=O) groups is 1. The molecular formula is C18H14O3. The number of ketones is 1. The fourth-order valence-electron chi connectivity index (χ4n) is 2.22. The standard InChI is InChI=1S/C18H14O3/c19-17(14-8-2-1-3-9-14)18(20)21-16-12-6-10-13-7-4-5-11-15(13)16/h1-12,18,20H/t18-/m0/s1. The number of ether oxygens (including phenoxy) is 1. The zero-order chi connectivity index (χ0) is 14.7. The molecule has 21 heavy (non-hydrogen) atoms. The Morgan fingerprint density at radius 2 is 1.52 bits per heavy atom. The van der Waals surface area contributed by atoms with Gasteiger partial charge in [-0.3, -0.25) is 4.79 Å². The number of aliphatic hydroxyl groups is 1. The molecule has 104 valence electrons. The highest BCUT2D eigenvalue weighted by molar-refractivity contribution is 5.99. The van der Waals surface area contributed by atoms with Crippen LogP contribution in [0.4, 0.5) is 0 Å². The number of carbonyl (C=O) groups excluding carboxylic acids is 1. The van der Waals surface area contributed by atoms with Crippen molar-refractivity contribution in [2.24, 2.45) is 0 Å². The van der Waals surface area contributed by atoms with Gasteiger partial charge in [-0.15, -0.1) is 0 Å². The zero-order valence-electron chi connectivity index (χ0n) is 11.3. The molecule has 0 fully saturated rings. The Bertz CT molecular complexity index is 760. The van der Waals surface area contributed by atoms with E-state index in [1.807, 2.05) is 42.5 Å². The molecule has 3 aromatic carbocycles. The highest BCUT2D eigenvalue weighted by Crippen LogP contribution is 2.26. The van der Waals surface area contributed by atoms with Gasteiger partial charge in [-0.25, -0.2) is 0 Å². The predicted octanol–water partition coefficient (Wildman–Crippen LogP) is 3.42. The van der Waals surface area contributed by atoms with Crippen LogP contribution in [0.2, 0.25) is 0 Å². The summed E-state index contributed by atoms with van der Waals surface area (Å²) in [5.41, 5.74) is 0.422. The largest absolute Gasteiger partial charge is 0.457 e. The number of rotatable bonds is 4. The van der Waals surface area contributed by atoms with E-state index in [2.05, 4.69) is 0 Å². The molecule has 3 nitrogen and oxygen atoms in total. The van der Waals surface area contributed by atoms with Gasteiger partial charge in [0.05, 0.1) is 0 Å². The van der Waals surface area contributed by atoms with Gasteiger partial charge >= 0.3 is 0 Å². The highest BCUT2D eigenvalue weighted by atomic mass is 16.6. The molecule has 0 aliphatic carbocycles. The van der Waals surface area contributed by atoms with Crippen molar-refractivity contribution in [3.05, 3.63) is 78.4 Å². The molecule has 3 aromatic rings. The zero-order valence-corrected chi connectivity index (χ0v) is 11.3. The van der Waals surface area contributed by atoms with Crippen LogP contribution in [0.15, 0.2) is 72.8 Å². The molecule has 0 aliphatic rings. The minimum absolute atomic E-state index is 0.422. The van der Waals surface area contributed by atoms with Gasteiger partial charge in [-0.2, -0.15) is 0 Å². The van der Waals surface area contributed by atoms with Crippen LogP contribution in [0.5, 0.6) is 5.75 Å². The minimum Gasteiger partial charge on any atom is -0.457 e. The maximum absolute atomic E-state index is 12.1. The SMILES string of the molecule is O=C(c1ccccc1)[C@@H](O)Oc1cccc2ccccc12. The number of hydrogen-bond donors (Lipinski definition) is 1. The Balaban J connectivity index is 1.87. The van der Waals surface area contributed by atoms with E-state index in [0.717, 1.165) is 10.8 Å². The first kappa shape index (κ1) is 13.3. The highest BCUT2D eigenvalue weighted by Gasteiger charge is 2.19. The minimum atomic E-state index is -1.52. The summed E-state index contributed by atoms with van der Waals surface area (Å²) in [7, 11) is 0. The van der Waals surface area contributed by atoms with Gasteiger partial charge in [0.15, 0.2) is 0 Å². The van der Waals surface area contributed by atoms with Crippen LogP contribution in [0.1, 0.15) is 10.4 Å². The van der Waals surface area contributed by atoms with Crippen LogP contribution in [-0.2, 0) is 0 Å². The first-order chi connectivity index (χ1) is 10.3. The molecule has 3 rings (SSSR count). The van der Waals surface area contributed by atoms with E-state index >= 15 is 0 Å². The molecule has 0 amide bonds. The van der Waals surface area contributed by atoms with Gasteiger partial charge in [-0.05, 0) is 11.5 Å². The second-order valence-electron chi connectivity index (χ2n) is 4.68. The average Bonchev–Trinajstić information content (AvgIpc) is 2.55. The van der Waals surface area contributed by atoms with Gasteiger partial charge in [0, 0.05) is 10.9 Å². The molecule has 0 aromatic heterocycles. The van der Waals surface area contributed by atoms with E-state index in [9.17, 15) is 9.90 Å². The lowest BCUT2D eigenvalue weighted by atomic mass is 10.1. The molecule has 0 saturated carbocycles. The summed E-state index contributed by atoms with van der Waals surface area (Å²) in [6.45, 7) is 0. The van der Waals surface area contributed by atoms with Crippen molar-refractivity contribution in [2.75, 3.05) is 0 Å². The quantitative estimate of drug-likeness (QED) is 0.587. The topological polar surface area (TPSA) is 46.5 Å². The first-order valence-electron chi connectivity index (χ1n) is 6.67. The maximum Gasteiger partial charge on any atom is 0.262 e. The number of fused-ring (bicyclic) bond motifs is 1. The van der Waals surface area contributed by atoms with E-state index in [1.165, 1.54) is 0 Å². The molecule has 1 N–H and O–H groups in total. The van der Waals surface area contributed by atoms with Gasteiger partial charge in [-0.1, -0.05) is 66.7 Å². The van der Waals surface area contributed by atoms with Gasteiger partial charge in [0.1, 0.15) is 5.75 Å². The van der Waals surface area contributed by atoms with Gasteiger partial charge in [0.25, 0.3) is 6.29 Å². The number of Topliss-reactive ketones (excluding diaryl/α,β-unsaturated/α-hetero) is 1.